The standard InChI is InChI=1S/C25H20N2O5S/c1-16(24(28)27-14-17-10-11-20-21(12-17)31-15-30-20)32-25(29)19-7-3-5-9-23(19)33-22-8-4-2-6-18(22)13-26/h2-12,16H,14-15H2,1H3,(H,27,28). The van der Waals surface area contributed by atoms with Gasteiger partial charge in [0.2, 0.25) is 6.79 Å². The first kappa shape index (κ1) is 22.2. The van der Waals surface area contributed by atoms with Crippen molar-refractivity contribution in [3.8, 4) is 17.6 Å². The summed E-state index contributed by atoms with van der Waals surface area (Å²) in [7, 11) is 0. The molecule has 1 unspecified atom stereocenters. The number of hydrogen-bond donors (Lipinski definition) is 1. The lowest BCUT2D eigenvalue weighted by molar-refractivity contribution is -0.129. The number of rotatable bonds is 7. The quantitative estimate of drug-likeness (QED) is 0.525. The van der Waals surface area contributed by atoms with Crippen LogP contribution in [0.2, 0.25) is 0 Å². The number of ether oxygens (including phenoxy) is 3. The normalized spacial score (nSPS) is 12.5. The SMILES string of the molecule is CC(OC(=O)c1ccccc1Sc1ccccc1C#N)C(=O)NCc1ccc2c(c1)OCO2. The van der Waals surface area contributed by atoms with Crippen molar-refractivity contribution < 1.29 is 23.8 Å². The van der Waals surface area contributed by atoms with Crippen LogP contribution < -0.4 is 14.8 Å². The van der Waals surface area contributed by atoms with Gasteiger partial charge in [0.05, 0.1) is 11.1 Å². The first-order valence-electron chi connectivity index (χ1n) is 10.2. The number of nitrogens with zero attached hydrogens (tertiary/aromatic N) is 1. The summed E-state index contributed by atoms with van der Waals surface area (Å²) in [5.74, 6) is 0.272. The van der Waals surface area contributed by atoms with Gasteiger partial charge in [0.1, 0.15) is 6.07 Å². The van der Waals surface area contributed by atoms with E-state index in [-0.39, 0.29) is 13.3 Å². The van der Waals surface area contributed by atoms with Gasteiger partial charge in [-0.3, -0.25) is 4.79 Å². The lowest BCUT2D eigenvalue weighted by Gasteiger charge is -2.15. The summed E-state index contributed by atoms with van der Waals surface area (Å²) in [6.45, 7) is 1.96. The average Bonchev–Trinajstić information content (AvgIpc) is 3.31. The van der Waals surface area contributed by atoms with Gasteiger partial charge in [-0.15, -0.1) is 0 Å². The van der Waals surface area contributed by atoms with Gasteiger partial charge < -0.3 is 19.5 Å². The summed E-state index contributed by atoms with van der Waals surface area (Å²) < 4.78 is 16.0. The predicted octanol–water partition coefficient (Wildman–Crippen LogP) is 4.30. The molecule has 3 aromatic rings. The highest BCUT2D eigenvalue weighted by Gasteiger charge is 2.22. The van der Waals surface area contributed by atoms with Crippen LogP contribution in [0.15, 0.2) is 76.5 Å². The Morgan fingerprint density at radius 2 is 1.79 bits per heavy atom. The average molecular weight is 461 g/mol. The number of fused-ring (bicyclic) bond motifs is 1. The summed E-state index contributed by atoms with van der Waals surface area (Å²) >= 11 is 1.30. The number of carbonyl (C=O) groups excluding carboxylic acids is 2. The van der Waals surface area contributed by atoms with E-state index in [9.17, 15) is 14.9 Å². The van der Waals surface area contributed by atoms with Crippen LogP contribution in [0.5, 0.6) is 11.5 Å². The molecule has 0 spiro atoms. The Hall–Kier alpha value is -3.96. The molecule has 166 valence electrons. The summed E-state index contributed by atoms with van der Waals surface area (Å²) in [5, 5.41) is 12.1. The van der Waals surface area contributed by atoms with Gasteiger partial charge in [0, 0.05) is 16.3 Å². The van der Waals surface area contributed by atoms with Crippen molar-refractivity contribution in [1.29, 1.82) is 5.26 Å². The molecule has 0 fully saturated rings. The van der Waals surface area contributed by atoms with Crippen LogP contribution in [0.4, 0.5) is 0 Å². The molecule has 0 aliphatic carbocycles. The Morgan fingerprint density at radius 1 is 1.06 bits per heavy atom. The van der Waals surface area contributed by atoms with E-state index in [4.69, 9.17) is 14.2 Å². The lowest BCUT2D eigenvalue weighted by Crippen LogP contribution is -2.35. The number of amides is 1. The van der Waals surface area contributed by atoms with Crippen LogP contribution >= 0.6 is 11.8 Å². The van der Waals surface area contributed by atoms with Crippen LogP contribution in [-0.4, -0.2) is 24.8 Å². The van der Waals surface area contributed by atoms with E-state index >= 15 is 0 Å². The molecule has 7 nitrogen and oxygen atoms in total. The molecular weight excluding hydrogens is 440 g/mol. The molecule has 1 atom stereocenters. The van der Waals surface area contributed by atoms with Gasteiger partial charge >= 0.3 is 5.97 Å². The monoisotopic (exact) mass is 460 g/mol. The summed E-state index contributed by atoms with van der Waals surface area (Å²) in [4.78, 5) is 26.7. The van der Waals surface area contributed by atoms with Crippen LogP contribution in [-0.2, 0) is 16.1 Å². The molecule has 3 aromatic carbocycles. The Labute approximate surface area is 195 Å². The molecule has 1 aliphatic rings. The third-order valence-electron chi connectivity index (χ3n) is 4.89. The molecule has 0 aromatic heterocycles. The maximum absolute atomic E-state index is 12.8. The predicted molar refractivity (Wildman–Crippen MR) is 121 cm³/mol. The van der Waals surface area contributed by atoms with Crippen LogP contribution in [0.1, 0.15) is 28.4 Å². The second-order valence-corrected chi connectivity index (χ2v) is 8.24. The Morgan fingerprint density at radius 3 is 2.61 bits per heavy atom. The molecule has 1 N–H and O–H groups in total. The van der Waals surface area contributed by atoms with Gasteiger partial charge in [-0.25, -0.2) is 4.79 Å². The van der Waals surface area contributed by atoms with Crippen molar-refractivity contribution in [2.24, 2.45) is 0 Å². The van der Waals surface area contributed by atoms with Gasteiger partial charge in [0.25, 0.3) is 5.91 Å². The fourth-order valence-corrected chi connectivity index (χ4v) is 4.17. The van der Waals surface area contributed by atoms with Gasteiger partial charge in [-0.05, 0) is 48.9 Å². The molecule has 0 radical (unpaired) electrons. The number of hydrogen-bond acceptors (Lipinski definition) is 7. The van der Waals surface area contributed by atoms with E-state index in [0.29, 0.717) is 27.5 Å². The molecule has 1 amide bonds. The molecule has 1 aliphatic heterocycles. The highest BCUT2D eigenvalue weighted by molar-refractivity contribution is 7.99. The smallest absolute Gasteiger partial charge is 0.340 e. The second kappa shape index (κ2) is 10.1. The fourth-order valence-electron chi connectivity index (χ4n) is 3.15. The maximum Gasteiger partial charge on any atom is 0.340 e. The Bertz CT molecular complexity index is 1240. The minimum atomic E-state index is -0.990. The molecule has 0 bridgehead atoms. The molecule has 4 rings (SSSR count). The van der Waals surface area contributed by atoms with E-state index in [1.807, 2.05) is 18.2 Å². The zero-order chi connectivity index (χ0) is 23.2. The Kier molecular flexibility index (Phi) is 6.81. The van der Waals surface area contributed by atoms with Crippen molar-refractivity contribution in [2.45, 2.75) is 29.4 Å². The molecular formula is C25H20N2O5S. The minimum Gasteiger partial charge on any atom is -0.454 e. The number of nitriles is 1. The summed E-state index contributed by atoms with van der Waals surface area (Å²) in [6, 6.07) is 21.6. The van der Waals surface area contributed by atoms with Gasteiger partial charge in [-0.2, -0.15) is 5.26 Å². The van der Waals surface area contributed by atoms with E-state index in [1.165, 1.54) is 18.7 Å². The highest BCUT2D eigenvalue weighted by Crippen LogP contribution is 2.33. The van der Waals surface area contributed by atoms with E-state index in [0.717, 1.165) is 10.5 Å². The topological polar surface area (TPSA) is 97.7 Å². The molecule has 8 heteroatoms. The zero-order valence-corrected chi connectivity index (χ0v) is 18.6. The molecule has 0 saturated heterocycles. The van der Waals surface area contributed by atoms with Gasteiger partial charge in [-0.1, -0.05) is 42.1 Å². The van der Waals surface area contributed by atoms with E-state index < -0.39 is 18.0 Å². The van der Waals surface area contributed by atoms with Crippen molar-refractivity contribution in [1.82, 2.24) is 5.32 Å². The third-order valence-corrected chi connectivity index (χ3v) is 6.04. The van der Waals surface area contributed by atoms with Crippen LogP contribution in [0.3, 0.4) is 0 Å². The minimum absolute atomic E-state index is 0.181. The maximum atomic E-state index is 12.8. The van der Waals surface area contributed by atoms with Crippen molar-refractivity contribution in [3.63, 3.8) is 0 Å². The highest BCUT2D eigenvalue weighted by atomic mass is 32.2. The Balaban J connectivity index is 1.38. The van der Waals surface area contributed by atoms with Crippen molar-refractivity contribution in [2.75, 3.05) is 6.79 Å². The third kappa shape index (κ3) is 5.27. The van der Waals surface area contributed by atoms with Gasteiger partial charge in [0.15, 0.2) is 17.6 Å². The summed E-state index contributed by atoms with van der Waals surface area (Å²) in [6.07, 6.45) is -0.990. The van der Waals surface area contributed by atoms with E-state index in [1.54, 1.807) is 48.5 Å². The number of benzene rings is 3. The first-order valence-corrected chi connectivity index (χ1v) is 11.0. The van der Waals surface area contributed by atoms with Crippen molar-refractivity contribution >= 4 is 23.6 Å². The summed E-state index contributed by atoms with van der Waals surface area (Å²) in [5.41, 5.74) is 1.68. The van der Waals surface area contributed by atoms with Crippen LogP contribution in [0.25, 0.3) is 0 Å². The second-order valence-electron chi connectivity index (χ2n) is 7.16. The van der Waals surface area contributed by atoms with E-state index in [2.05, 4.69) is 11.4 Å². The number of esters is 1. The first-order chi connectivity index (χ1) is 16.0. The molecule has 0 saturated carbocycles. The number of nitrogens with one attached hydrogen (secondary N) is 1. The van der Waals surface area contributed by atoms with Crippen molar-refractivity contribution in [3.05, 3.63) is 83.4 Å². The zero-order valence-electron chi connectivity index (χ0n) is 17.7. The number of carbonyl (C=O) groups is 2. The fraction of sp³-hybridized carbons (Fsp3) is 0.160. The molecule has 33 heavy (non-hydrogen) atoms. The lowest BCUT2D eigenvalue weighted by atomic mass is 10.2. The van der Waals surface area contributed by atoms with Crippen LogP contribution in [0, 0.1) is 11.3 Å². The molecule has 1 heterocycles. The largest absolute Gasteiger partial charge is 0.454 e.